The quantitative estimate of drug-likeness (QED) is 0.654. The van der Waals surface area contributed by atoms with E-state index in [0.717, 1.165) is 5.69 Å². The topological polar surface area (TPSA) is 15.8 Å². The van der Waals surface area contributed by atoms with Gasteiger partial charge in [-0.2, -0.15) is 17.5 Å². The third kappa shape index (κ3) is 1.71. The van der Waals surface area contributed by atoms with Crippen molar-refractivity contribution in [3.8, 4) is 0 Å². The van der Waals surface area contributed by atoms with E-state index in [-0.39, 0.29) is 32.7 Å². The van der Waals surface area contributed by atoms with E-state index in [4.69, 9.17) is 0 Å². The number of benzene rings is 1. The number of rotatable bonds is 0. The van der Waals surface area contributed by atoms with Gasteiger partial charge in [-0.3, -0.25) is 0 Å². The molecule has 0 amide bonds. The van der Waals surface area contributed by atoms with Crippen LogP contribution in [0.4, 0.5) is 0 Å². The molecule has 0 aliphatic rings. The van der Waals surface area contributed by atoms with Crippen molar-refractivity contribution in [1.82, 2.24) is 4.98 Å². The molecule has 0 saturated heterocycles. The molecule has 0 bridgehead atoms. The smallest absolute Gasteiger partial charge is 0 e. The van der Waals surface area contributed by atoms with Gasteiger partial charge in [0, 0.05) is 32.7 Å². The number of aromatic amines is 1. The first-order valence-electron chi connectivity index (χ1n) is 3.33. The molecule has 1 radical (unpaired) electrons. The summed E-state index contributed by atoms with van der Waals surface area (Å²) in [7, 11) is 0. The average Bonchev–Trinajstić information content (AvgIpc) is 2.27. The predicted molar refractivity (Wildman–Crippen MR) is 41.9 cm³/mol. The molecule has 2 aromatic rings. The van der Waals surface area contributed by atoms with E-state index >= 15 is 0 Å². The van der Waals surface area contributed by atoms with E-state index in [2.05, 4.69) is 23.2 Å². The molecule has 1 N–H and O–H groups in total. The summed E-state index contributed by atoms with van der Waals surface area (Å²) < 4.78 is 0. The first-order valence-corrected chi connectivity index (χ1v) is 3.33. The summed E-state index contributed by atoms with van der Waals surface area (Å²) in [6.45, 7) is 2.01. The van der Waals surface area contributed by atoms with E-state index in [9.17, 15) is 0 Å². The molecule has 0 aliphatic heterocycles. The summed E-state index contributed by atoms with van der Waals surface area (Å²) in [5.74, 6) is 0. The molecule has 0 saturated carbocycles. The Labute approximate surface area is 91.1 Å². The van der Waals surface area contributed by atoms with Crippen LogP contribution in [0.25, 0.3) is 10.9 Å². The Balaban J connectivity index is 0.000000605. The Kier molecular flexibility index (Phi) is 2.86. The number of fused-ring (bicyclic) bond motifs is 1. The van der Waals surface area contributed by atoms with Crippen molar-refractivity contribution in [2.45, 2.75) is 6.92 Å². The predicted octanol–water partition coefficient (Wildman–Crippen LogP) is 2.27. The number of aryl methyl sites for hydroxylation is 1. The molecule has 53 valence electrons. The van der Waals surface area contributed by atoms with Crippen molar-refractivity contribution in [1.29, 1.82) is 0 Å². The van der Waals surface area contributed by atoms with Crippen LogP contribution in [0.3, 0.4) is 0 Å². The van der Waals surface area contributed by atoms with Crippen LogP contribution in [-0.4, -0.2) is 4.98 Å². The number of para-hydroxylation sites is 1. The summed E-state index contributed by atoms with van der Waals surface area (Å²) >= 11 is 0. The fourth-order valence-corrected chi connectivity index (χ4v) is 1.14. The van der Waals surface area contributed by atoms with Crippen LogP contribution in [0.5, 0.6) is 0 Å². The molecule has 1 heterocycles. The zero-order valence-corrected chi connectivity index (χ0v) is 9.23. The first-order chi connectivity index (χ1) is 4.86. The monoisotopic (exact) mass is 219 g/mol. The number of aromatic nitrogens is 1. The van der Waals surface area contributed by atoms with Crippen molar-refractivity contribution in [2.24, 2.45) is 0 Å². The van der Waals surface area contributed by atoms with Gasteiger partial charge in [-0.05, 0) is 6.92 Å². The van der Waals surface area contributed by atoms with Crippen LogP contribution >= 0.6 is 0 Å². The Morgan fingerprint density at radius 3 is 2.73 bits per heavy atom. The van der Waals surface area contributed by atoms with E-state index in [1.165, 1.54) is 10.9 Å². The maximum absolute atomic E-state index is 3.20. The van der Waals surface area contributed by atoms with Gasteiger partial charge < -0.3 is 4.98 Å². The molecule has 2 rings (SSSR count). The van der Waals surface area contributed by atoms with Crippen molar-refractivity contribution in [3.63, 3.8) is 0 Å². The number of hydrogen-bond acceptors (Lipinski definition) is 0. The van der Waals surface area contributed by atoms with Crippen molar-refractivity contribution in [3.05, 3.63) is 36.0 Å². The second-order valence-corrected chi connectivity index (χ2v) is 2.42. The third-order valence-electron chi connectivity index (χ3n) is 1.57. The van der Waals surface area contributed by atoms with Crippen molar-refractivity contribution >= 4 is 10.9 Å². The number of H-pyrrole nitrogens is 1. The van der Waals surface area contributed by atoms with Gasteiger partial charge in [-0.25, -0.2) is 0 Å². The third-order valence-corrected chi connectivity index (χ3v) is 1.57. The SMILES string of the molecule is Cc1[c-]c2ccccc2[nH]1.[Y]. The maximum atomic E-state index is 3.20. The summed E-state index contributed by atoms with van der Waals surface area (Å²) in [6, 6.07) is 11.4. The Hall–Kier alpha value is -0.136. The van der Waals surface area contributed by atoms with Gasteiger partial charge >= 0.3 is 0 Å². The molecule has 0 unspecified atom stereocenters. The maximum Gasteiger partial charge on any atom is 0 e. The second-order valence-electron chi connectivity index (χ2n) is 2.42. The molecule has 0 fully saturated rings. The summed E-state index contributed by atoms with van der Waals surface area (Å²) in [5, 5.41) is 1.17. The Morgan fingerprint density at radius 1 is 1.27 bits per heavy atom. The average molecular weight is 219 g/mol. The van der Waals surface area contributed by atoms with Gasteiger partial charge in [-0.15, -0.1) is 6.07 Å². The van der Waals surface area contributed by atoms with Gasteiger partial charge in [0.05, 0.1) is 0 Å². The van der Waals surface area contributed by atoms with Crippen LogP contribution in [0.2, 0.25) is 0 Å². The summed E-state index contributed by atoms with van der Waals surface area (Å²) in [5.41, 5.74) is 2.27. The minimum Gasteiger partial charge on any atom is -0.422 e. The summed E-state index contributed by atoms with van der Waals surface area (Å²) in [4.78, 5) is 3.20. The van der Waals surface area contributed by atoms with Gasteiger partial charge in [0.15, 0.2) is 0 Å². The van der Waals surface area contributed by atoms with Crippen molar-refractivity contribution < 1.29 is 32.7 Å². The van der Waals surface area contributed by atoms with Crippen LogP contribution in [0.15, 0.2) is 24.3 Å². The summed E-state index contributed by atoms with van der Waals surface area (Å²) in [6.07, 6.45) is 0. The molecule has 0 spiro atoms. The van der Waals surface area contributed by atoms with Gasteiger partial charge in [0.25, 0.3) is 0 Å². The fourth-order valence-electron chi connectivity index (χ4n) is 1.14. The van der Waals surface area contributed by atoms with Gasteiger partial charge in [0.1, 0.15) is 0 Å². The zero-order valence-electron chi connectivity index (χ0n) is 6.39. The van der Waals surface area contributed by atoms with Crippen LogP contribution < -0.4 is 0 Å². The molecule has 0 aliphatic carbocycles. The minimum atomic E-state index is 0. The van der Waals surface area contributed by atoms with Crippen LogP contribution in [0, 0.1) is 13.0 Å². The molecule has 1 nitrogen and oxygen atoms in total. The largest absolute Gasteiger partial charge is 0.422 e. The molecule has 2 heteroatoms. The Bertz CT molecular complexity index is 318. The zero-order chi connectivity index (χ0) is 6.97. The van der Waals surface area contributed by atoms with Crippen LogP contribution in [0.1, 0.15) is 5.69 Å². The number of nitrogens with one attached hydrogen (secondary N) is 1. The second kappa shape index (κ2) is 3.51. The molecule has 11 heavy (non-hydrogen) atoms. The van der Waals surface area contributed by atoms with E-state index in [1.807, 2.05) is 19.1 Å². The van der Waals surface area contributed by atoms with Gasteiger partial charge in [-0.1, -0.05) is 23.3 Å². The Morgan fingerprint density at radius 2 is 2.00 bits per heavy atom. The fraction of sp³-hybridized carbons (Fsp3) is 0.111. The van der Waals surface area contributed by atoms with Gasteiger partial charge in [0.2, 0.25) is 0 Å². The molecule has 0 atom stereocenters. The molecule has 1 aromatic carbocycles. The van der Waals surface area contributed by atoms with E-state index in [1.54, 1.807) is 0 Å². The minimum absolute atomic E-state index is 0. The standard InChI is InChI=1S/C9H8N.Y/c1-7-6-8-4-2-3-5-9(8)10-7;/h2-5,10H,1H3;/q-1;. The van der Waals surface area contributed by atoms with E-state index < -0.39 is 0 Å². The normalized spacial score (nSPS) is 9.55. The van der Waals surface area contributed by atoms with Crippen LogP contribution in [-0.2, 0) is 32.7 Å². The molecular formula is C9H8NY-. The molecule has 1 aromatic heterocycles. The number of hydrogen-bond donors (Lipinski definition) is 1. The first kappa shape index (κ1) is 8.96. The van der Waals surface area contributed by atoms with Crippen molar-refractivity contribution in [2.75, 3.05) is 0 Å². The van der Waals surface area contributed by atoms with E-state index in [0.29, 0.717) is 0 Å². The molecular weight excluding hydrogens is 211 g/mol.